The number of rotatable bonds is 20. The first-order valence-corrected chi connectivity index (χ1v) is 17.1. The Hall–Kier alpha value is -4.63. The maximum Gasteiger partial charge on any atom is 0.338 e. The summed E-state index contributed by atoms with van der Waals surface area (Å²) >= 11 is 0. The van der Waals surface area contributed by atoms with Crippen molar-refractivity contribution in [2.45, 2.75) is 89.7 Å². The van der Waals surface area contributed by atoms with Gasteiger partial charge in [-0.25, -0.2) is 9.69 Å². The number of ether oxygens (including phenoxy) is 2. The van der Waals surface area contributed by atoms with Crippen molar-refractivity contribution < 1.29 is 33.4 Å². The van der Waals surface area contributed by atoms with Crippen LogP contribution in [0.1, 0.15) is 125 Å². The minimum Gasteiger partial charge on any atom is -0.462 e. The number of imide groups is 1. The number of hydrogen-bond donors (Lipinski definition) is 1. The number of anilines is 1. The molecule has 1 unspecified atom stereocenters. The van der Waals surface area contributed by atoms with E-state index in [0.717, 1.165) is 26.4 Å². The van der Waals surface area contributed by atoms with Crippen LogP contribution in [0.4, 0.5) is 5.69 Å². The summed E-state index contributed by atoms with van der Waals surface area (Å²) in [6.45, 7) is 2.47. The Labute approximate surface area is 283 Å². The molecule has 0 saturated carbocycles. The van der Waals surface area contributed by atoms with Gasteiger partial charge in [0.25, 0.3) is 23.4 Å². The van der Waals surface area contributed by atoms with Crippen LogP contribution >= 0.6 is 0 Å². The van der Waals surface area contributed by atoms with Crippen molar-refractivity contribution in [3.05, 3.63) is 101 Å². The standard InChI is InChI=1S/C39H46N2O7/c1-3-4-5-6-7-8-9-10-11-12-13-20-27-48-37(45)30-25-26-32-33(28-30)36(44)41(35(32)43)39(47-2,34(42)29-21-16-14-17-22-29)38(46)40-31-23-18-15-19-24-31/h14-19,21-26,28H,3-13,20,27H2,1-2H3,(H,40,46). The largest absolute Gasteiger partial charge is 0.462 e. The molecular formula is C39H46N2O7. The molecule has 254 valence electrons. The van der Waals surface area contributed by atoms with E-state index in [9.17, 15) is 24.0 Å². The number of nitrogens with one attached hydrogen (secondary N) is 1. The number of carbonyl (C=O) groups is 5. The Morgan fingerprint density at radius 1 is 0.667 bits per heavy atom. The lowest BCUT2D eigenvalue weighted by Gasteiger charge is -2.36. The Morgan fingerprint density at radius 3 is 1.79 bits per heavy atom. The maximum atomic E-state index is 14.0. The molecule has 0 spiro atoms. The van der Waals surface area contributed by atoms with Gasteiger partial charge in [-0.15, -0.1) is 0 Å². The van der Waals surface area contributed by atoms with Gasteiger partial charge in [-0.2, -0.15) is 0 Å². The van der Waals surface area contributed by atoms with Crippen molar-refractivity contribution in [3.8, 4) is 0 Å². The Balaban J connectivity index is 1.40. The molecule has 1 aliphatic rings. The van der Waals surface area contributed by atoms with Gasteiger partial charge in [0.15, 0.2) is 0 Å². The van der Waals surface area contributed by atoms with Crippen LogP contribution in [0.15, 0.2) is 78.9 Å². The van der Waals surface area contributed by atoms with E-state index in [2.05, 4.69) is 12.2 Å². The van der Waals surface area contributed by atoms with Gasteiger partial charge in [0.05, 0.1) is 23.3 Å². The van der Waals surface area contributed by atoms with Crippen LogP contribution in [-0.4, -0.2) is 53.8 Å². The molecule has 9 heteroatoms. The summed E-state index contributed by atoms with van der Waals surface area (Å²) in [5.74, 6) is -4.40. The van der Waals surface area contributed by atoms with E-state index in [1.54, 1.807) is 48.5 Å². The molecular weight excluding hydrogens is 608 g/mol. The van der Waals surface area contributed by atoms with Crippen molar-refractivity contribution in [1.82, 2.24) is 4.90 Å². The minimum absolute atomic E-state index is 0.0567. The summed E-state index contributed by atoms with van der Waals surface area (Å²) in [6, 6.07) is 20.1. The number of amides is 3. The van der Waals surface area contributed by atoms with E-state index >= 15 is 0 Å². The first-order valence-electron chi connectivity index (χ1n) is 17.1. The van der Waals surface area contributed by atoms with Gasteiger partial charge < -0.3 is 14.8 Å². The van der Waals surface area contributed by atoms with Crippen LogP contribution in [0.3, 0.4) is 0 Å². The summed E-state index contributed by atoms with van der Waals surface area (Å²) in [7, 11) is 1.09. The average Bonchev–Trinajstić information content (AvgIpc) is 3.36. The summed E-state index contributed by atoms with van der Waals surface area (Å²) in [5, 5.41) is 2.61. The van der Waals surface area contributed by atoms with E-state index < -0.39 is 35.2 Å². The number of unbranched alkanes of at least 4 members (excludes halogenated alkanes) is 11. The van der Waals surface area contributed by atoms with Gasteiger partial charge in [0.2, 0.25) is 5.78 Å². The lowest BCUT2D eigenvalue weighted by molar-refractivity contribution is -0.144. The average molecular weight is 655 g/mol. The second kappa shape index (κ2) is 18.1. The lowest BCUT2D eigenvalue weighted by atomic mass is 9.97. The molecule has 1 aliphatic heterocycles. The zero-order valence-electron chi connectivity index (χ0n) is 28.0. The van der Waals surface area contributed by atoms with Crippen molar-refractivity contribution in [2.24, 2.45) is 0 Å². The van der Waals surface area contributed by atoms with E-state index in [4.69, 9.17) is 9.47 Å². The van der Waals surface area contributed by atoms with Gasteiger partial charge in [0, 0.05) is 18.4 Å². The topological polar surface area (TPSA) is 119 Å². The molecule has 0 radical (unpaired) electrons. The predicted molar refractivity (Wildman–Crippen MR) is 184 cm³/mol. The summed E-state index contributed by atoms with van der Waals surface area (Å²) in [6.07, 6.45) is 14.3. The number of nitrogens with zero attached hydrogens (tertiary/aromatic N) is 1. The normalized spacial score (nSPS) is 13.6. The van der Waals surface area contributed by atoms with Gasteiger partial charge in [-0.05, 0) is 36.8 Å². The third-order valence-corrected chi connectivity index (χ3v) is 8.65. The Bertz CT molecular complexity index is 1560. The highest BCUT2D eigenvalue weighted by Gasteiger charge is 2.59. The van der Waals surface area contributed by atoms with E-state index in [1.807, 2.05) is 0 Å². The van der Waals surface area contributed by atoms with Crippen LogP contribution in [0.25, 0.3) is 0 Å². The number of fused-ring (bicyclic) bond motifs is 1. The minimum atomic E-state index is -2.68. The SMILES string of the molecule is CCCCCCCCCCCCCCOC(=O)c1ccc2c(c1)C(=O)N(C(OC)(C(=O)Nc1ccccc1)C(=O)c1ccccc1)C2=O. The van der Waals surface area contributed by atoms with Gasteiger partial charge in [-0.3, -0.25) is 19.2 Å². The van der Waals surface area contributed by atoms with E-state index in [0.29, 0.717) is 10.6 Å². The third kappa shape index (κ3) is 8.63. The summed E-state index contributed by atoms with van der Waals surface area (Å²) < 4.78 is 11.0. The predicted octanol–water partition coefficient (Wildman–Crippen LogP) is 8.00. The summed E-state index contributed by atoms with van der Waals surface area (Å²) in [5.41, 5.74) is -2.40. The zero-order valence-corrected chi connectivity index (χ0v) is 28.0. The molecule has 4 rings (SSSR count). The number of benzene rings is 3. The van der Waals surface area contributed by atoms with E-state index in [1.165, 1.54) is 88.1 Å². The molecule has 1 N–H and O–H groups in total. The van der Waals surface area contributed by atoms with Gasteiger partial charge in [0.1, 0.15) is 0 Å². The van der Waals surface area contributed by atoms with Gasteiger partial charge in [-0.1, -0.05) is 126 Å². The smallest absolute Gasteiger partial charge is 0.338 e. The number of esters is 1. The quantitative estimate of drug-likeness (QED) is 0.0431. The van der Waals surface area contributed by atoms with Crippen molar-refractivity contribution >= 4 is 35.2 Å². The van der Waals surface area contributed by atoms with Crippen LogP contribution in [-0.2, 0) is 14.3 Å². The molecule has 0 aliphatic carbocycles. The Kier molecular flexibility index (Phi) is 13.6. The van der Waals surface area contributed by atoms with Crippen LogP contribution in [0, 0.1) is 0 Å². The molecule has 0 bridgehead atoms. The molecule has 0 aromatic heterocycles. The molecule has 0 fully saturated rings. The molecule has 3 aromatic rings. The third-order valence-electron chi connectivity index (χ3n) is 8.65. The Morgan fingerprint density at radius 2 is 1.21 bits per heavy atom. The van der Waals surface area contributed by atoms with Gasteiger partial charge >= 0.3 is 5.97 Å². The second-order valence-electron chi connectivity index (χ2n) is 12.1. The zero-order chi connectivity index (χ0) is 34.4. The molecule has 3 aromatic carbocycles. The van der Waals surface area contributed by atoms with Crippen LogP contribution in [0.2, 0.25) is 0 Å². The first kappa shape index (κ1) is 36.2. The number of carbonyl (C=O) groups excluding carboxylic acids is 5. The van der Waals surface area contributed by atoms with Crippen LogP contribution in [0.5, 0.6) is 0 Å². The fraction of sp³-hybridized carbons (Fsp3) is 0.410. The fourth-order valence-electron chi connectivity index (χ4n) is 5.95. The van der Waals surface area contributed by atoms with Crippen molar-refractivity contribution in [2.75, 3.05) is 19.0 Å². The van der Waals surface area contributed by atoms with Crippen LogP contribution < -0.4 is 5.32 Å². The number of para-hydroxylation sites is 1. The summed E-state index contributed by atoms with van der Waals surface area (Å²) in [4.78, 5) is 69.1. The fourth-order valence-corrected chi connectivity index (χ4v) is 5.95. The molecule has 1 heterocycles. The maximum absolute atomic E-state index is 14.0. The van der Waals surface area contributed by atoms with E-state index in [-0.39, 0.29) is 28.9 Å². The number of ketones is 1. The second-order valence-corrected chi connectivity index (χ2v) is 12.1. The molecule has 1 atom stereocenters. The number of Topliss-reactive ketones (excluding diaryl/α,β-unsaturated/α-hetero) is 1. The molecule has 0 saturated heterocycles. The molecule has 48 heavy (non-hydrogen) atoms. The number of hydrogen-bond acceptors (Lipinski definition) is 7. The van der Waals surface area contributed by atoms with Crippen molar-refractivity contribution in [1.29, 1.82) is 0 Å². The molecule has 9 nitrogen and oxygen atoms in total. The highest BCUT2D eigenvalue weighted by atomic mass is 16.5. The molecule has 3 amide bonds. The monoisotopic (exact) mass is 654 g/mol. The number of methoxy groups -OCH3 is 1. The first-order chi connectivity index (χ1) is 23.3. The highest BCUT2D eigenvalue weighted by molar-refractivity contribution is 6.30. The lowest BCUT2D eigenvalue weighted by Crippen LogP contribution is -2.65. The van der Waals surface area contributed by atoms with Crippen molar-refractivity contribution in [3.63, 3.8) is 0 Å². The highest BCUT2D eigenvalue weighted by Crippen LogP contribution is 2.34.